The van der Waals surface area contributed by atoms with Crippen molar-refractivity contribution in [3.05, 3.63) is 24.3 Å². The predicted octanol–water partition coefficient (Wildman–Crippen LogP) is 2.17. The van der Waals surface area contributed by atoms with Gasteiger partial charge in [-0.15, -0.1) is 13.2 Å². The molecule has 2 N–H and O–H groups in total. The van der Waals surface area contributed by atoms with E-state index in [1.165, 1.54) is 12.1 Å². The Hall–Kier alpha value is -1.39. The molecule has 0 aliphatic heterocycles. The number of alkyl halides is 3. The molecule has 1 aromatic rings. The molecule has 0 spiro atoms. The maximum absolute atomic E-state index is 11.6. The number of nitrogens with two attached hydrogens (primary N) is 1. The Kier molecular flexibility index (Phi) is 2.12. The lowest BCUT2D eigenvalue weighted by Crippen LogP contribution is -2.16. The molecule has 5 heteroatoms. The molecule has 1 aromatic carbocycles. The zero-order valence-electron chi connectivity index (χ0n) is 5.93. The van der Waals surface area contributed by atoms with Gasteiger partial charge in [0.2, 0.25) is 0 Å². The van der Waals surface area contributed by atoms with Crippen LogP contribution < -0.4 is 10.5 Å². The third-order valence-corrected chi connectivity index (χ3v) is 1.11. The van der Waals surface area contributed by atoms with Gasteiger partial charge in [0.1, 0.15) is 5.75 Å². The highest BCUT2D eigenvalue weighted by atomic mass is 19.4. The Labute approximate surface area is 66.7 Å². The van der Waals surface area contributed by atoms with Gasteiger partial charge in [-0.25, -0.2) is 0 Å². The lowest BCUT2D eigenvalue weighted by molar-refractivity contribution is -0.274. The fourth-order valence-corrected chi connectivity index (χ4v) is 0.669. The second-order valence-electron chi connectivity index (χ2n) is 2.12. The van der Waals surface area contributed by atoms with Crippen molar-refractivity contribution in [3.8, 4) is 5.75 Å². The minimum atomic E-state index is -4.64. The summed E-state index contributed by atoms with van der Waals surface area (Å²) in [6, 6.07) is 4.98. The average Bonchev–Trinajstić information content (AvgIpc) is 1.91. The SMILES string of the molecule is Nc1c[13cH][13c](OC(F)(F)F)[13cH]c1. The Morgan fingerprint density at radius 2 is 1.58 bits per heavy atom. The van der Waals surface area contributed by atoms with Gasteiger partial charge in [0.05, 0.1) is 0 Å². The fourth-order valence-electron chi connectivity index (χ4n) is 0.669. The lowest BCUT2D eigenvalue weighted by Gasteiger charge is -2.07. The molecule has 0 aliphatic carbocycles. The molecule has 0 fully saturated rings. The second kappa shape index (κ2) is 2.92. The second-order valence-corrected chi connectivity index (χ2v) is 2.12. The van der Waals surface area contributed by atoms with Crippen LogP contribution in [0.5, 0.6) is 5.75 Å². The summed E-state index contributed by atoms with van der Waals surface area (Å²) in [5.41, 5.74) is 5.65. The highest BCUT2D eigenvalue weighted by Crippen LogP contribution is 2.22. The van der Waals surface area contributed by atoms with Crippen molar-refractivity contribution in [2.24, 2.45) is 0 Å². The van der Waals surface area contributed by atoms with Crippen molar-refractivity contribution in [1.82, 2.24) is 0 Å². The van der Waals surface area contributed by atoms with Crippen LogP contribution in [0.25, 0.3) is 0 Å². The molecule has 0 saturated carbocycles. The fraction of sp³-hybridized carbons (Fsp3) is 0.143. The number of rotatable bonds is 1. The maximum atomic E-state index is 11.6. The minimum absolute atomic E-state index is 0.267. The number of halogens is 3. The molecule has 0 amide bonds. The first-order valence-electron chi connectivity index (χ1n) is 3.09. The lowest BCUT2D eigenvalue weighted by atomic mass is 10.5. The molecule has 0 bridgehead atoms. The number of anilines is 1. The van der Waals surface area contributed by atoms with E-state index in [1.807, 2.05) is 0 Å². The Bertz CT molecular complexity index is 254. The normalized spacial score (nSPS) is 11.2. The summed E-state index contributed by atoms with van der Waals surface area (Å²) >= 11 is 0. The molecule has 0 saturated heterocycles. The zero-order valence-corrected chi connectivity index (χ0v) is 5.93. The topological polar surface area (TPSA) is 35.2 Å². The largest absolute Gasteiger partial charge is 0.573 e. The van der Waals surface area contributed by atoms with E-state index in [2.05, 4.69) is 4.74 Å². The minimum Gasteiger partial charge on any atom is -0.406 e. The van der Waals surface area contributed by atoms with Gasteiger partial charge in [0.15, 0.2) is 0 Å². The summed E-state index contributed by atoms with van der Waals surface area (Å²) in [6.45, 7) is 0. The van der Waals surface area contributed by atoms with E-state index in [0.717, 1.165) is 12.1 Å². The molecule has 2 nitrogen and oxygen atoms in total. The molecule has 0 aliphatic rings. The summed E-state index contributed by atoms with van der Waals surface area (Å²) in [7, 11) is 0. The van der Waals surface area contributed by atoms with Gasteiger partial charge in [0.25, 0.3) is 0 Å². The maximum Gasteiger partial charge on any atom is 0.573 e. The highest BCUT2D eigenvalue weighted by Gasteiger charge is 2.30. The van der Waals surface area contributed by atoms with Gasteiger partial charge in [-0.05, 0) is 24.3 Å². The first kappa shape index (κ1) is 8.70. The van der Waals surface area contributed by atoms with Crippen molar-refractivity contribution >= 4 is 5.69 Å². The van der Waals surface area contributed by atoms with Crippen molar-refractivity contribution in [1.29, 1.82) is 0 Å². The van der Waals surface area contributed by atoms with Crippen LogP contribution in [0.15, 0.2) is 24.3 Å². The Morgan fingerprint density at radius 1 is 1.08 bits per heavy atom. The molecule has 0 aromatic heterocycles. The number of hydrogen-bond acceptors (Lipinski definition) is 2. The Balaban J connectivity index is 2.71. The number of ether oxygens (including phenoxy) is 1. The van der Waals surface area contributed by atoms with Gasteiger partial charge in [-0.2, -0.15) is 0 Å². The van der Waals surface area contributed by atoms with Crippen molar-refractivity contribution in [2.45, 2.75) is 6.36 Å². The van der Waals surface area contributed by atoms with Gasteiger partial charge in [-0.3, -0.25) is 0 Å². The number of nitrogen functional groups attached to an aromatic ring is 1. The summed E-state index contributed by atoms with van der Waals surface area (Å²) in [6.07, 6.45) is -4.64. The van der Waals surface area contributed by atoms with Crippen molar-refractivity contribution < 1.29 is 17.9 Å². The van der Waals surface area contributed by atoms with E-state index in [4.69, 9.17) is 5.73 Å². The molecular formula is C7H6F3NO. The van der Waals surface area contributed by atoms with E-state index in [9.17, 15) is 13.2 Å². The number of hydrogen-bond donors (Lipinski definition) is 1. The monoisotopic (exact) mass is 180 g/mol. The van der Waals surface area contributed by atoms with Crippen LogP contribution in [0.2, 0.25) is 0 Å². The average molecular weight is 180 g/mol. The van der Waals surface area contributed by atoms with E-state index in [-0.39, 0.29) is 5.75 Å². The highest BCUT2D eigenvalue weighted by molar-refractivity contribution is 5.41. The van der Waals surface area contributed by atoms with Gasteiger partial charge in [0, 0.05) is 5.69 Å². The van der Waals surface area contributed by atoms with Crippen LogP contribution in [0, 0.1) is 0 Å². The summed E-state index contributed by atoms with van der Waals surface area (Å²) in [5, 5.41) is 0. The smallest absolute Gasteiger partial charge is 0.406 e. The first-order chi connectivity index (χ1) is 5.47. The van der Waals surface area contributed by atoms with Crippen LogP contribution in [0.1, 0.15) is 0 Å². The van der Waals surface area contributed by atoms with E-state index < -0.39 is 6.36 Å². The van der Waals surface area contributed by atoms with Gasteiger partial charge < -0.3 is 10.5 Å². The van der Waals surface area contributed by atoms with Crippen molar-refractivity contribution in [3.63, 3.8) is 0 Å². The van der Waals surface area contributed by atoms with Crippen LogP contribution in [-0.2, 0) is 0 Å². The van der Waals surface area contributed by atoms with Gasteiger partial charge in [-0.1, -0.05) is 0 Å². The molecule has 66 valence electrons. The molecule has 0 heterocycles. The van der Waals surface area contributed by atoms with E-state index in [1.54, 1.807) is 0 Å². The summed E-state index contributed by atoms with van der Waals surface area (Å²) < 4.78 is 38.4. The predicted molar refractivity (Wildman–Crippen MR) is 37.5 cm³/mol. The molecule has 12 heavy (non-hydrogen) atoms. The molecule has 0 radical (unpaired) electrons. The third-order valence-electron chi connectivity index (χ3n) is 1.11. The molecule has 0 atom stereocenters. The molecular weight excluding hydrogens is 174 g/mol. The Morgan fingerprint density at radius 3 is 2.00 bits per heavy atom. The van der Waals surface area contributed by atoms with Crippen molar-refractivity contribution in [2.75, 3.05) is 5.73 Å². The van der Waals surface area contributed by atoms with Gasteiger partial charge >= 0.3 is 6.36 Å². The van der Waals surface area contributed by atoms with Crippen LogP contribution >= 0.6 is 0 Å². The molecule has 1 rings (SSSR count). The quantitative estimate of drug-likeness (QED) is 0.672. The van der Waals surface area contributed by atoms with Crippen LogP contribution in [0.4, 0.5) is 18.9 Å². The molecule has 0 unspecified atom stereocenters. The standard InChI is InChI=1S/C7H6F3NO/c8-7(9,10)12-6-3-1-5(11)2-4-6/h1-4H,11H2/i3+1,4+1,6+1. The summed E-state index contributed by atoms with van der Waals surface area (Å²) in [4.78, 5) is 0. The summed E-state index contributed by atoms with van der Waals surface area (Å²) in [5.74, 6) is -0.267. The van der Waals surface area contributed by atoms with Crippen LogP contribution in [-0.4, -0.2) is 6.36 Å². The third kappa shape index (κ3) is 2.69. The van der Waals surface area contributed by atoms with Crippen LogP contribution in [0.3, 0.4) is 0 Å². The van der Waals surface area contributed by atoms with E-state index in [0.29, 0.717) is 5.69 Å². The first-order valence-corrected chi connectivity index (χ1v) is 3.09. The number of benzene rings is 1. The van der Waals surface area contributed by atoms with E-state index >= 15 is 0 Å². The zero-order chi connectivity index (χ0) is 9.19.